The first kappa shape index (κ1) is 23.2. The van der Waals surface area contributed by atoms with Crippen molar-refractivity contribution in [3.8, 4) is 0 Å². The molecule has 132 valence electrons. The third kappa shape index (κ3) is 17.0. The summed E-state index contributed by atoms with van der Waals surface area (Å²) in [4.78, 5) is 24.3. The van der Waals surface area contributed by atoms with E-state index in [0.29, 0.717) is 33.0 Å². The Bertz CT molecular complexity index is 267. The SMILES string of the molecule is CCOCCN(CCOCC)CCC(=O)OCC(C)=O.NN. The number of hydrazine groups is 1. The van der Waals surface area contributed by atoms with Gasteiger partial charge in [-0.1, -0.05) is 0 Å². The van der Waals surface area contributed by atoms with Crippen molar-refractivity contribution in [1.82, 2.24) is 4.90 Å². The lowest BCUT2D eigenvalue weighted by atomic mass is 10.3. The Hall–Kier alpha value is -1.06. The number of ether oxygens (including phenoxy) is 3. The zero-order valence-corrected chi connectivity index (χ0v) is 14.0. The Morgan fingerprint density at radius 2 is 1.45 bits per heavy atom. The van der Waals surface area contributed by atoms with Crippen molar-refractivity contribution in [3.63, 3.8) is 0 Å². The van der Waals surface area contributed by atoms with E-state index >= 15 is 0 Å². The minimum atomic E-state index is -0.349. The van der Waals surface area contributed by atoms with Crippen molar-refractivity contribution in [2.24, 2.45) is 11.7 Å². The van der Waals surface area contributed by atoms with Crippen LogP contribution in [0.3, 0.4) is 0 Å². The number of hydrogen-bond donors (Lipinski definition) is 2. The van der Waals surface area contributed by atoms with Crippen LogP contribution in [0.1, 0.15) is 27.2 Å². The molecule has 0 fully saturated rings. The van der Waals surface area contributed by atoms with Crippen LogP contribution in [0.25, 0.3) is 0 Å². The first-order valence-corrected chi connectivity index (χ1v) is 7.46. The summed E-state index contributed by atoms with van der Waals surface area (Å²) in [6.07, 6.45) is 0.269. The molecule has 0 amide bonds. The Morgan fingerprint density at radius 3 is 1.86 bits per heavy atom. The fourth-order valence-corrected chi connectivity index (χ4v) is 1.52. The zero-order valence-electron chi connectivity index (χ0n) is 14.0. The first-order chi connectivity index (χ1) is 10.6. The predicted molar refractivity (Wildman–Crippen MR) is 84.1 cm³/mol. The Morgan fingerprint density at radius 1 is 0.955 bits per heavy atom. The molecule has 0 saturated heterocycles. The van der Waals surface area contributed by atoms with Crippen LogP contribution in [0.15, 0.2) is 0 Å². The quantitative estimate of drug-likeness (QED) is 0.205. The van der Waals surface area contributed by atoms with Gasteiger partial charge in [-0.15, -0.1) is 0 Å². The molecule has 4 N–H and O–H groups in total. The minimum absolute atomic E-state index is 0.142. The number of hydrogen-bond acceptors (Lipinski definition) is 8. The molecule has 0 aromatic heterocycles. The number of nitrogens with zero attached hydrogens (tertiary/aromatic N) is 1. The molecule has 0 radical (unpaired) electrons. The summed E-state index contributed by atoms with van der Waals surface area (Å²) in [6, 6.07) is 0. The van der Waals surface area contributed by atoms with E-state index in [1.165, 1.54) is 6.92 Å². The molecule has 0 aliphatic heterocycles. The van der Waals surface area contributed by atoms with E-state index in [0.717, 1.165) is 13.1 Å². The molecule has 0 aliphatic carbocycles. The molecule has 0 rings (SSSR count). The van der Waals surface area contributed by atoms with Crippen LogP contribution in [-0.4, -0.2) is 69.3 Å². The Balaban J connectivity index is 0. The zero-order chi connectivity index (χ0) is 17.2. The monoisotopic (exact) mass is 321 g/mol. The van der Waals surface area contributed by atoms with Crippen LogP contribution in [-0.2, 0) is 23.8 Å². The highest BCUT2D eigenvalue weighted by Crippen LogP contribution is 1.96. The van der Waals surface area contributed by atoms with Gasteiger partial charge in [-0.25, -0.2) is 0 Å². The van der Waals surface area contributed by atoms with Gasteiger partial charge in [-0.05, 0) is 20.8 Å². The molecule has 0 aromatic carbocycles. The Labute approximate surface area is 133 Å². The number of carbonyl (C=O) groups is 2. The standard InChI is InChI=1S/C14H27NO5.H4N2/c1-4-18-10-8-15(9-11-19-5-2)7-6-14(17)20-12-13(3)16;1-2/h4-12H2,1-3H3;1-2H2. The van der Waals surface area contributed by atoms with Crippen molar-refractivity contribution >= 4 is 11.8 Å². The second kappa shape index (κ2) is 18.0. The summed E-state index contributed by atoms with van der Waals surface area (Å²) < 4.78 is 15.5. The van der Waals surface area contributed by atoms with Crippen LogP contribution < -0.4 is 11.7 Å². The molecule has 8 nitrogen and oxygen atoms in total. The summed E-state index contributed by atoms with van der Waals surface area (Å²) >= 11 is 0. The Kier molecular flexibility index (Phi) is 19.0. The average Bonchev–Trinajstić information content (AvgIpc) is 2.52. The van der Waals surface area contributed by atoms with Crippen molar-refractivity contribution in [1.29, 1.82) is 0 Å². The highest BCUT2D eigenvalue weighted by molar-refractivity contribution is 5.80. The van der Waals surface area contributed by atoms with Crippen LogP contribution in [0, 0.1) is 0 Å². The summed E-state index contributed by atoms with van der Waals surface area (Å²) in [7, 11) is 0. The van der Waals surface area contributed by atoms with E-state index in [4.69, 9.17) is 14.2 Å². The van der Waals surface area contributed by atoms with Gasteiger partial charge in [0.15, 0.2) is 5.78 Å². The van der Waals surface area contributed by atoms with Gasteiger partial charge in [0, 0.05) is 32.8 Å². The topological polar surface area (TPSA) is 117 Å². The largest absolute Gasteiger partial charge is 0.458 e. The molecule has 22 heavy (non-hydrogen) atoms. The molecular weight excluding hydrogens is 290 g/mol. The molecule has 0 bridgehead atoms. The highest BCUT2D eigenvalue weighted by Gasteiger charge is 2.10. The lowest BCUT2D eigenvalue weighted by Crippen LogP contribution is -2.33. The third-order valence-corrected chi connectivity index (χ3v) is 2.58. The predicted octanol–water partition coefficient (Wildman–Crippen LogP) is -0.297. The van der Waals surface area contributed by atoms with E-state index < -0.39 is 0 Å². The minimum Gasteiger partial charge on any atom is -0.458 e. The molecule has 0 saturated carbocycles. The van der Waals surface area contributed by atoms with E-state index in [1.54, 1.807) is 0 Å². The fraction of sp³-hybridized carbons (Fsp3) is 0.857. The van der Waals surface area contributed by atoms with E-state index in [9.17, 15) is 9.59 Å². The maximum Gasteiger partial charge on any atom is 0.307 e. The summed E-state index contributed by atoms with van der Waals surface area (Å²) in [6.45, 7) is 9.85. The molecular formula is C14H31N3O5. The van der Waals surface area contributed by atoms with Gasteiger partial charge in [0.05, 0.1) is 19.6 Å². The molecule has 0 unspecified atom stereocenters. The van der Waals surface area contributed by atoms with Crippen molar-refractivity contribution < 1.29 is 23.8 Å². The fourth-order valence-electron chi connectivity index (χ4n) is 1.52. The van der Waals surface area contributed by atoms with Crippen molar-refractivity contribution in [3.05, 3.63) is 0 Å². The summed E-state index contributed by atoms with van der Waals surface area (Å²) in [5, 5.41) is 0. The normalized spacial score (nSPS) is 10.1. The molecule has 0 heterocycles. The molecule has 0 atom stereocenters. The van der Waals surface area contributed by atoms with Gasteiger partial charge in [-0.3, -0.25) is 26.2 Å². The number of nitrogens with two attached hydrogens (primary N) is 2. The van der Waals surface area contributed by atoms with Gasteiger partial charge in [0.1, 0.15) is 6.61 Å². The molecule has 8 heteroatoms. The molecule has 0 spiro atoms. The van der Waals surface area contributed by atoms with Crippen LogP contribution in [0.5, 0.6) is 0 Å². The number of Topliss-reactive ketones (excluding diaryl/α,β-unsaturated/α-hetero) is 1. The van der Waals surface area contributed by atoms with Gasteiger partial charge in [0.2, 0.25) is 0 Å². The first-order valence-electron chi connectivity index (χ1n) is 7.46. The molecule has 0 aromatic rings. The van der Waals surface area contributed by atoms with Gasteiger partial charge in [0.25, 0.3) is 0 Å². The lowest BCUT2D eigenvalue weighted by Gasteiger charge is -2.21. The third-order valence-electron chi connectivity index (χ3n) is 2.58. The lowest BCUT2D eigenvalue weighted by molar-refractivity contribution is -0.147. The number of ketones is 1. The van der Waals surface area contributed by atoms with E-state index in [1.807, 2.05) is 13.8 Å². The summed E-state index contributed by atoms with van der Waals surface area (Å²) in [5.74, 6) is 7.50. The number of esters is 1. The van der Waals surface area contributed by atoms with Crippen LogP contribution in [0.4, 0.5) is 0 Å². The maximum atomic E-state index is 11.4. The van der Waals surface area contributed by atoms with Crippen molar-refractivity contribution in [2.75, 3.05) is 52.7 Å². The second-order valence-electron chi connectivity index (χ2n) is 4.35. The average molecular weight is 321 g/mol. The van der Waals surface area contributed by atoms with Gasteiger partial charge < -0.3 is 14.2 Å². The van der Waals surface area contributed by atoms with E-state index in [2.05, 4.69) is 16.6 Å². The van der Waals surface area contributed by atoms with Gasteiger partial charge >= 0.3 is 5.97 Å². The van der Waals surface area contributed by atoms with Crippen molar-refractivity contribution in [2.45, 2.75) is 27.2 Å². The van der Waals surface area contributed by atoms with Crippen LogP contribution in [0.2, 0.25) is 0 Å². The number of rotatable bonds is 13. The second-order valence-corrected chi connectivity index (χ2v) is 4.35. The molecule has 0 aliphatic rings. The summed E-state index contributed by atoms with van der Waals surface area (Å²) in [5.41, 5.74) is 0. The van der Waals surface area contributed by atoms with Gasteiger partial charge in [-0.2, -0.15) is 0 Å². The van der Waals surface area contributed by atoms with Crippen LogP contribution >= 0.6 is 0 Å². The smallest absolute Gasteiger partial charge is 0.307 e. The van der Waals surface area contributed by atoms with E-state index in [-0.39, 0.29) is 24.8 Å². The highest BCUT2D eigenvalue weighted by atomic mass is 16.5. The number of carbonyl (C=O) groups excluding carboxylic acids is 2. The maximum absolute atomic E-state index is 11.4.